The molecule has 0 amide bonds. The molecule has 17 heavy (non-hydrogen) atoms. The maximum atomic E-state index is 6.02. The van der Waals surface area contributed by atoms with Crippen LogP contribution in [-0.2, 0) is 0 Å². The first-order chi connectivity index (χ1) is 8.00. The average Bonchev–Trinajstić information content (AvgIpc) is 2.54. The zero-order valence-electron chi connectivity index (χ0n) is 11.4. The van der Waals surface area contributed by atoms with Crippen molar-refractivity contribution in [2.45, 2.75) is 45.7 Å². The van der Waals surface area contributed by atoms with Gasteiger partial charge in [-0.1, -0.05) is 0 Å². The topological polar surface area (TPSA) is 47.1 Å². The molecule has 1 aromatic heterocycles. The van der Waals surface area contributed by atoms with Crippen LogP contribution < -0.4 is 5.73 Å². The average molecular weight is 236 g/mol. The molecule has 2 unspecified atom stereocenters. The van der Waals surface area contributed by atoms with E-state index in [9.17, 15) is 0 Å². The van der Waals surface area contributed by atoms with Gasteiger partial charge in [-0.05, 0) is 47.2 Å². The van der Waals surface area contributed by atoms with Gasteiger partial charge in [0.2, 0.25) is 0 Å². The van der Waals surface area contributed by atoms with Crippen molar-refractivity contribution >= 4 is 0 Å². The van der Waals surface area contributed by atoms with Gasteiger partial charge in [0.25, 0.3) is 0 Å². The van der Waals surface area contributed by atoms with Crippen LogP contribution in [0.4, 0.5) is 0 Å². The second-order valence-corrected chi connectivity index (χ2v) is 5.38. The molecule has 1 aliphatic heterocycles. The Hall–Kier alpha value is -0.870. The van der Waals surface area contributed by atoms with Crippen LogP contribution in [0.3, 0.4) is 0 Å². The van der Waals surface area contributed by atoms with Crippen LogP contribution in [0.2, 0.25) is 0 Å². The summed E-state index contributed by atoms with van der Waals surface area (Å²) in [6.45, 7) is 8.55. The fraction of sp³-hybridized carbons (Fsp3) is 0.769. The second kappa shape index (κ2) is 4.78. The van der Waals surface area contributed by atoms with Gasteiger partial charge in [0, 0.05) is 23.8 Å². The van der Waals surface area contributed by atoms with Gasteiger partial charge in [-0.3, -0.25) is 4.68 Å². The van der Waals surface area contributed by atoms with Crippen LogP contribution in [0.25, 0.3) is 0 Å². The molecule has 0 bridgehead atoms. The number of rotatable bonds is 2. The second-order valence-electron chi connectivity index (χ2n) is 5.38. The molecule has 1 saturated heterocycles. The molecule has 96 valence electrons. The van der Waals surface area contributed by atoms with Crippen LogP contribution in [0, 0.1) is 13.8 Å². The zero-order valence-corrected chi connectivity index (χ0v) is 11.4. The summed E-state index contributed by atoms with van der Waals surface area (Å²) < 4.78 is 2.20. The maximum absolute atomic E-state index is 6.02. The van der Waals surface area contributed by atoms with Crippen molar-refractivity contribution in [2.24, 2.45) is 5.73 Å². The number of piperidine rings is 1. The van der Waals surface area contributed by atoms with Crippen molar-refractivity contribution in [3.05, 3.63) is 17.0 Å². The maximum Gasteiger partial charge on any atom is 0.0649 e. The molecule has 1 aromatic rings. The molecule has 0 spiro atoms. The number of aromatic nitrogens is 2. The number of hydrogen-bond donors (Lipinski definition) is 1. The van der Waals surface area contributed by atoms with E-state index in [1.807, 2.05) is 6.92 Å². The standard InChI is InChI=1S/C13H24N4/c1-9(14)13-10(2)15-17(11(13)3)12-6-5-7-16(4)8-12/h9,12H,5-8,14H2,1-4H3. The quantitative estimate of drug-likeness (QED) is 0.851. The minimum Gasteiger partial charge on any atom is -0.324 e. The van der Waals surface area contributed by atoms with Gasteiger partial charge < -0.3 is 10.6 Å². The highest BCUT2D eigenvalue weighted by Crippen LogP contribution is 2.26. The van der Waals surface area contributed by atoms with Gasteiger partial charge >= 0.3 is 0 Å². The van der Waals surface area contributed by atoms with Gasteiger partial charge in [-0.2, -0.15) is 5.10 Å². The molecule has 0 aromatic carbocycles. The van der Waals surface area contributed by atoms with E-state index >= 15 is 0 Å². The third kappa shape index (κ3) is 2.38. The molecule has 2 heterocycles. The Kier molecular flexibility index (Phi) is 3.54. The molecule has 2 rings (SSSR count). The minimum absolute atomic E-state index is 0.0741. The molecular weight excluding hydrogens is 212 g/mol. The summed E-state index contributed by atoms with van der Waals surface area (Å²) in [6.07, 6.45) is 2.48. The summed E-state index contributed by atoms with van der Waals surface area (Å²) in [4.78, 5) is 2.39. The smallest absolute Gasteiger partial charge is 0.0649 e. The fourth-order valence-electron chi connectivity index (χ4n) is 3.03. The third-order valence-electron chi connectivity index (χ3n) is 3.78. The van der Waals surface area contributed by atoms with Crippen LogP contribution in [0.5, 0.6) is 0 Å². The number of likely N-dealkylation sites (tertiary alicyclic amines) is 1. The number of aryl methyl sites for hydroxylation is 1. The lowest BCUT2D eigenvalue weighted by Gasteiger charge is -2.30. The zero-order chi connectivity index (χ0) is 12.6. The Balaban J connectivity index is 2.29. The summed E-state index contributed by atoms with van der Waals surface area (Å²) in [5.41, 5.74) is 9.58. The predicted octanol–water partition coefficient (Wildman–Crippen LogP) is 1.79. The first-order valence-corrected chi connectivity index (χ1v) is 6.50. The Bertz CT molecular complexity index is 394. The molecule has 2 atom stereocenters. The fourth-order valence-corrected chi connectivity index (χ4v) is 3.03. The van der Waals surface area contributed by atoms with Crippen LogP contribution >= 0.6 is 0 Å². The number of hydrogen-bond acceptors (Lipinski definition) is 3. The highest BCUT2D eigenvalue weighted by Gasteiger charge is 2.23. The van der Waals surface area contributed by atoms with Crippen molar-refractivity contribution in [1.29, 1.82) is 0 Å². The highest BCUT2D eigenvalue weighted by atomic mass is 15.3. The summed E-state index contributed by atoms with van der Waals surface area (Å²) in [7, 11) is 2.18. The number of nitrogens with two attached hydrogens (primary N) is 1. The Labute approximate surface area is 104 Å². The van der Waals surface area contributed by atoms with Crippen molar-refractivity contribution < 1.29 is 0 Å². The first-order valence-electron chi connectivity index (χ1n) is 6.50. The summed E-state index contributed by atoms with van der Waals surface area (Å²) in [5.74, 6) is 0. The number of nitrogens with zero attached hydrogens (tertiary/aromatic N) is 3. The summed E-state index contributed by atoms with van der Waals surface area (Å²) in [6, 6.07) is 0.588. The Morgan fingerprint density at radius 3 is 2.65 bits per heavy atom. The molecule has 0 radical (unpaired) electrons. The minimum atomic E-state index is 0.0741. The van der Waals surface area contributed by atoms with E-state index in [0.29, 0.717) is 6.04 Å². The highest BCUT2D eigenvalue weighted by molar-refractivity contribution is 5.27. The summed E-state index contributed by atoms with van der Waals surface area (Å²) >= 11 is 0. The van der Waals surface area contributed by atoms with Gasteiger partial charge in [0.1, 0.15) is 0 Å². The SMILES string of the molecule is Cc1nn(C2CCCN(C)C2)c(C)c1C(C)N. The molecule has 1 fully saturated rings. The van der Waals surface area contributed by atoms with Crippen LogP contribution in [0.1, 0.15) is 48.8 Å². The normalized spacial score (nSPS) is 23.9. The Morgan fingerprint density at radius 2 is 2.12 bits per heavy atom. The molecule has 0 saturated carbocycles. The molecular formula is C13H24N4. The largest absolute Gasteiger partial charge is 0.324 e. The molecule has 4 nitrogen and oxygen atoms in total. The molecule has 2 N–H and O–H groups in total. The van der Waals surface area contributed by atoms with Crippen molar-refractivity contribution in [3.63, 3.8) is 0 Å². The van der Waals surface area contributed by atoms with Gasteiger partial charge in [0.15, 0.2) is 0 Å². The van der Waals surface area contributed by atoms with Crippen molar-refractivity contribution in [3.8, 4) is 0 Å². The van der Waals surface area contributed by atoms with E-state index in [-0.39, 0.29) is 6.04 Å². The van der Waals surface area contributed by atoms with E-state index in [2.05, 4.69) is 30.5 Å². The van der Waals surface area contributed by atoms with E-state index < -0.39 is 0 Å². The molecule has 1 aliphatic rings. The van der Waals surface area contributed by atoms with Gasteiger partial charge in [-0.25, -0.2) is 0 Å². The van der Waals surface area contributed by atoms with Gasteiger partial charge in [0.05, 0.1) is 11.7 Å². The van der Waals surface area contributed by atoms with Crippen LogP contribution in [0.15, 0.2) is 0 Å². The van der Waals surface area contributed by atoms with Crippen molar-refractivity contribution in [2.75, 3.05) is 20.1 Å². The number of likely N-dealkylation sites (N-methyl/N-ethyl adjacent to an activating group) is 1. The molecule has 4 heteroatoms. The van der Waals surface area contributed by atoms with E-state index in [1.54, 1.807) is 0 Å². The van der Waals surface area contributed by atoms with Gasteiger partial charge in [-0.15, -0.1) is 0 Å². The predicted molar refractivity (Wildman–Crippen MR) is 70.1 cm³/mol. The van der Waals surface area contributed by atoms with Crippen LogP contribution in [-0.4, -0.2) is 34.8 Å². The monoisotopic (exact) mass is 236 g/mol. The molecule has 0 aliphatic carbocycles. The lowest BCUT2D eigenvalue weighted by atomic mass is 10.0. The van der Waals surface area contributed by atoms with Crippen molar-refractivity contribution in [1.82, 2.24) is 14.7 Å². The van der Waals surface area contributed by atoms with E-state index in [4.69, 9.17) is 10.8 Å². The third-order valence-corrected chi connectivity index (χ3v) is 3.78. The Morgan fingerprint density at radius 1 is 1.41 bits per heavy atom. The van der Waals surface area contributed by atoms with E-state index in [1.165, 1.54) is 30.6 Å². The first kappa shape index (κ1) is 12.6. The lowest BCUT2D eigenvalue weighted by molar-refractivity contribution is 0.200. The lowest BCUT2D eigenvalue weighted by Crippen LogP contribution is -2.34. The summed E-state index contributed by atoms with van der Waals surface area (Å²) in [5, 5.41) is 4.70. The van der Waals surface area contributed by atoms with E-state index in [0.717, 1.165) is 12.2 Å².